The maximum atomic E-state index is 11.6. The summed E-state index contributed by atoms with van der Waals surface area (Å²) in [7, 11) is 0. The first-order valence-corrected chi connectivity index (χ1v) is 4.82. The molecule has 13 heavy (non-hydrogen) atoms. The minimum atomic E-state index is 0.0656. The van der Waals surface area contributed by atoms with Gasteiger partial charge in [-0.3, -0.25) is 4.79 Å². The maximum absolute atomic E-state index is 11.6. The van der Waals surface area contributed by atoms with Gasteiger partial charge in [-0.25, -0.2) is 0 Å². The van der Waals surface area contributed by atoms with Gasteiger partial charge in [0.15, 0.2) is 5.76 Å². The number of carbonyl (C=O) groups is 1. The second-order valence-electron chi connectivity index (χ2n) is 3.29. The third kappa shape index (κ3) is 2.20. The van der Waals surface area contributed by atoms with Gasteiger partial charge in [0.25, 0.3) is 0 Å². The van der Waals surface area contributed by atoms with Crippen molar-refractivity contribution in [3.63, 3.8) is 0 Å². The number of ketones is 1. The van der Waals surface area contributed by atoms with Crippen LogP contribution in [0.4, 0.5) is 0 Å². The fourth-order valence-electron chi connectivity index (χ4n) is 1.13. The van der Waals surface area contributed by atoms with Crippen molar-refractivity contribution in [3.8, 4) is 0 Å². The third-order valence-electron chi connectivity index (χ3n) is 2.31. The predicted molar refractivity (Wildman–Crippen MR) is 51.9 cm³/mol. The molecule has 0 amide bonds. The van der Waals surface area contributed by atoms with E-state index >= 15 is 0 Å². The van der Waals surface area contributed by atoms with Gasteiger partial charge in [-0.05, 0) is 18.6 Å². The summed E-state index contributed by atoms with van der Waals surface area (Å²) in [4.78, 5) is 11.6. The van der Waals surface area contributed by atoms with Gasteiger partial charge in [-0.2, -0.15) is 0 Å². The summed E-state index contributed by atoms with van der Waals surface area (Å²) in [5.74, 6) is 1.57. The van der Waals surface area contributed by atoms with Crippen LogP contribution in [0.1, 0.15) is 43.5 Å². The molecule has 0 N–H and O–H groups in total. The van der Waals surface area contributed by atoms with E-state index in [9.17, 15) is 4.79 Å². The first-order chi connectivity index (χ1) is 6.19. The average Bonchev–Trinajstić information content (AvgIpc) is 2.63. The number of hydrogen-bond donors (Lipinski definition) is 0. The molecule has 1 rings (SSSR count). The Labute approximate surface area is 78.9 Å². The summed E-state index contributed by atoms with van der Waals surface area (Å²) in [6.07, 6.45) is 1.70. The van der Waals surface area contributed by atoms with E-state index in [1.165, 1.54) is 0 Å². The quantitative estimate of drug-likeness (QED) is 0.666. The zero-order valence-corrected chi connectivity index (χ0v) is 8.46. The highest BCUT2D eigenvalue weighted by Gasteiger charge is 2.16. The van der Waals surface area contributed by atoms with Gasteiger partial charge in [0.1, 0.15) is 5.76 Å². The van der Waals surface area contributed by atoms with Crippen molar-refractivity contribution in [2.24, 2.45) is 5.92 Å². The van der Waals surface area contributed by atoms with Gasteiger partial charge in [0, 0.05) is 12.3 Å². The summed E-state index contributed by atoms with van der Waals surface area (Å²) in [5.41, 5.74) is 0. The molecule has 2 nitrogen and oxygen atoms in total. The highest BCUT2D eigenvalue weighted by Crippen LogP contribution is 2.15. The number of rotatable bonds is 4. The van der Waals surface area contributed by atoms with E-state index in [1.54, 1.807) is 6.07 Å². The molecular weight excluding hydrogens is 164 g/mol. The first kappa shape index (κ1) is 10.0. The van der Waals surface area contributed by atoms with Crippen LogP contribution in [0.25, 0.3) is 0 Å². The topological polar surface area (TPSA) is 30.2 Å². The number of furan rings is 1. The van der Waals surface area contributed by atoms with Crippen LogP contribution in [0.15, 0.2) is 16.5 Å². The minimum absolute atomic E-state index is 0.0656. The molecule has 1 aromatic rings. The lowest BCUT2D eigenvalue weighted by atomic mass is 10.0. The van der Waals surface area contributed by atoms with Crippen LogP contribution in [-0.4, -0.2) is 5.78 Å². The van der Waals surface area contributed by atoms with Crippen LogP contribution in [0.5, 0.6) is 0 Å². The Morgan fingerprint density at radius 1 is 1.46 bits per heavy atom. The molecular formula is C11H16O2. The summed E-state index contributed by atoms with van der Waals surface area (Å²) in [6.45, 7) is 5.94. The van der Waals surface area contributed by atoms with Crippen LogP contribution in [0.3, 0.4) is 0 Å². The van der Waals surface area contributed by atoms with Gasteiger partial charge in [0.05, 0.1) is 0 Å². The highest BCUT2D eigenvalue weighted by atomic mass is 16.3. The van der Waals surface area contributed by atoms with Gasteiger partial charge in [-0.1, -0.05) is 20.8 Å². The van der Waals surface area contributed by atoms with Gasteiger partial charge in [-0.15, -0.1) is 0 Å². The molecule has 0 saturated heterocycles. The van der Waals surface area contributed by atoms with Gasteiger partial charge >= 0.3 is 0 Å². The molecule has 0 aliphatic heterocycles. The van der Waals surface area contributed by atoms with E-state index in [1.807, 2.05) is 26.8 Å². The van der Waals surface area contributed by atoms with E-state index < -0.39 is 0 Å². The highest BCUT2D eigenvalue weighted by molar-refractivity contribution is 5.95. The number of carbonyl (C=O) groups excluding carboxylic acids is 1. The molecule has 1 atom stereocenters. The molecule has 1 heterocycles. The zero-order valence-electron chi connectivity index (χ0n) is 8.46. The Hall–Kier alpha value is -1.05. The van der Waals surface area contributed by atoms with E-state index in [4.69, 9.17) is 4.42 Å². The lowest BCUT2D eigenvalue weighted by Crippen LogP contribution is -2.08. The lowest BCUT2D eigenvalue weighted by molar-refractivity contribution is 0.0897. The molecule has 72 valence electrons. The second-order valence-corrected chi connectivity index (χ2v) is 3.29. The van der Waals surface area contributed by atoms with Crippen molar-refractivity contribution in [2.75, 3.05) is 0 Å². The van der Waals surface area contributed by atoms with Crippen LogP contribution in [0.2, 0.25) is 0 Å². The van der Waals surface area contributed by atoms with E-state index in [0.29, 0.717) is 5.76 Å². The van der Waals surface area contributed by atoms with Crippen molar-refractivity contribution in [2.45, 2.75) is 33.6 Å². The fourth-order valence-corrected chi connectivity index (χ4v) is 1.13. The maximum Gasteiger partial charge on any atom is 0.200 e. The molecule has 0 radical (unpaired) electrons. The largest absolute Gasteiger partial charge is 0.458 e. The van der Waals surface area contributed by atoms with Crippen LogP contribution >= 0.6 is 0 Å². The smallest absolute Gasteiger partial charge is 0.200 e. The monoisotopic (exact) mass is 180 g/mol. The molecule has 0 aliphatic rings. The molecule has 0 bridgehead atoms. The van der Waals surface area contributed by atoms with Crippen LogP contribution < -0.4 is 0 Å². The molecule has 0 fully saturated rings. The average molecular weight is 180 g/mol. The van der Waals surface area contributed by atoms with Crippen LogP contribution in [0, 0.1) is 5.92 Å². The summed E-state index contributed by atoms with van der Waals surface area (Å²) >= 11 is 0. The summed E-state index contributed by atoms with van der Waals surface area (Å²) in [6, 6.07) is 3.64. The molecule has 1 aromatic heterocycles. The Morgan fingerprint density at radius 3 is 2.62 bits per heavy atom. The number of Topliss-reactive ketones (excluding diaryl/α,β-unsaturated/α-hetero) is 1. The standard InChI is InChI=1S/C11H16O2/c1-4-8(3)11(12)10-7-6-9(5-2)13-10/h6-8H,4-5H2,1-3H3. The molecule has 0 saturated carbocycles. The summed E-state index contributed by atoms with van der Waals surface area (Å²) in [5, 5.41) is 0. The van der Waals surface area contributed by atoms with Crippen molar-refractivity contribution >= 4 is 5.78 Å². The van der Waals surface area contributed by atoms with Crippen molar-refractivity contribution in [3.05, 3.63) is 23.7 Å². The molecule has 0 aromatic carbocycles. The number of hydrogen-bond acceptors (Lipinski definition) is 2. The van der Waals surface area contributed by atoms with Gasteiger partial charge in [0.2, 0.25) is 5.78 Å². The van der Waals surface area contributed by atoms with Crippen LogP contribution in [-0.2, 0) is 6.42 Å². The molecule has 0 aliphatic carbocycles. The SMILES string of the molecule is CCc1ccc(C(=O)C(C)CC)o1. The zero-order chi connectivity index (χ0) is 9.84. The van der Waals surface area contributed by atoms with Crippen molar-refractivity contribution in [1.82, 2.24) is 0 Å². The van der Waals surface area contributed by atoms with E-state index in [-0.39, 0.29) is 11.7 Å². The van der Waals surface area contributed by atoms with Crippen molar-refractivity contribution < 1.29 is 9.21 Å². The third-order valence-corrected chi connectivity index (χ3v) is 2.31. The van der Waals surface area contributed by atoms with E-state index in [2.05, 4.69) is 0 Å². The Bertz CT molecular complexity index is 286. The minimum Gasteiger partial charge on any atom is -0.458 e. The molecule has 0 spiro atoms. The van der Waals surface area contributed by atoms with Gasteiger partial charge < -0.3 is 4.42 Å². The Balaban J connectivity index is 2.77. The second kappa shape index (κ2) is 4.26. The molecule has 2 heteroatoms. The van der Waals surface area contributed by atoms with E-state index in [0.717, 1.165) is 18.6 Å². The Kier molecular flexibility index (Phi) is 3.29. The normalized spacial score (nSPS) is 12.8. The fraction of sp³-hybridized carbons (Fsp3) is 0.545. The first-order valence-electron chi connectivity index (χ1n) is 4.82. The predicted octanol–water partition coefficient (Wildman–Crippen LogP) is 3.07. The summed E-state index contributed by atoms with van der Waals surface area (Å²) < 4.78 is 5.37. The lowest BCUT2D eigenvalue weighted by Gasteiger charge is -2.03. The van der Waals surface area contributed by atoms with Crippen molar-refractivity contribution in [1.29, 1.82) is 0 Å². The Morgan fingerprint density at radius 2 is 2.15 bits per heavy atom. The molecule has 1 unspecified atom stereocenters. The number of aryl methyl sites for hydroxylation is 1.